The Labute approximate surface area is 197 Å². The predicted molar refractivity (Wildman–Crippen MR) is 132 cm³/mol. The fourth-order valence-corrected chi connectivity index (χ4v) is 3.93. The molecule has 1 aromatic carbocycles. The molecule has 2 unspecified atom stereocenters. The van der Waals surface area contributed by atoms with Gasteiger partial charge in [0.15, 0.2) is 5.96 Å². The van der Waals surface area contributed by atoms with E-state index in [1.807, 2.05) is 26.0 Å². The lowest BCUT2D eigenvalue weighted by atomic mass is 9.85. The number of carbonyl (C=O) groups is 1. The topological polar surface area (TPSA) is 68.8 Å². The Balaban J connectivity index is 0.00000420. The normalized spacial score (nSPS) is 19.9. The number of nitrogens with one attached hydrogen (secondary N) is 3. The Morgan fingerprint density at radius 1 is 1.28 bits per heavy atom. The van der Waals surface area contributed by atoms with Gasteiger partial charge in [-0.2, -0.15) is 0 Å². The molecule has 0 aliphatic carbocycles. The number of nitrogens with zero attached hydrogens (tertiary/aromatic N) is 2. The second-order valence-corrected chi connectivity index (χ2v) is 7.75. The van der Waals surface area contributed by atoms with Crippen LogP contribution in [0.25, 0.3) is 0 Å². The van der Waals surface area contributed by atoms with E-state index in [1.54, 1.807) is 0 Å². The summed E-state index contributed by atoms with van der Waals surface area (Å²) in [5.41, 5.74) is 1.25. The van der Waals surface area contributed by atoms with Crippen molar-refractivity contribution in [1.82, 2.24) is 20.9 Å². The number of piperidine rings is 1. The van der Waals surface area contributed by atoms with Gasteiger partial charge in [0.05, 0.1) is 0 Å². The number of likely N-dealkylation sites (tertiary alicyclic amines) is 1. The summed E-state index contributed by atoms with van der Waals surface area (Å²) < 4.78 is 0. The Bertz CT molecular complexity index is 658. The molecular weight excluding hydrogens is 501 g/mol. The molecule has 1 saturated heterocycles. The van der Waals surface area contributed by atoms with Crippen molar-refractivity contribution < 1.29 is 4.79 Å². The van der Waals surface area contributed by atoms with E-state index in [0.717, 1.165) is 37.5 Å². The molecule has 3 N–H and O–H groups in total. The number of aliphatic imine (C=N–C) groups is 1. The van der Waals surface area contributed by atoms with E-state index in [0.29, 0.717) is 24.5 Å². The zero-order valence-corrected chi connectivity index (χ0v) is 20.8. The summed E-state index contributed by atoms with van der Waals surface area (Å²) in [5.74, 6) is 1.08. The van der Waals surface area contributed by atoms with E-state index in [1.165, 1.54) is 12.0 Å². The Kier molecular flexibility index (Phi) is 12.6. The van der Waals surface area contributed by atoms with Crippen molar-refractivity contribution in [2.75, 3.05) is 39.8 Å². The third kappa shape index (κ3) is 8.68. The molecule has 1 aromatic rings. The molecule has 8 heteroatoms. The Morgan fingerprint density at radius 2 is 2.07 bits per heavy atom. The van der Waals surface area contributed by atoms with Crippen molar-refractivity contribution >= 4 is 47.4 Å². The van der Waals surface area contributed by atoms with Crippen LogP contribution in [0.1, 0.15) is 44.7 Å². The molecule has 29 heavy (non-hydrogen) atoms. The molecular formula is C21H35ClIN5O. The molecule has 1 aliphatic heterocycles. The summed E-state index contributed by atoms with van der Waals surface area (Å²) in [6, 6.07) is 8.47. The maximum atomic E-state index is 11.8. The van der Waals surface area contributed by atoms with E-state index >= 15 is 0 Å². The quantitative estimate of drug-likeness (QED) is 0.271. The molecule has 0 saturated carbocycles. The Morgan fingerprint density at radius 3 is 2.76 bits per heavy atom. The van der Waals surface area contributed by atoms with Gasteiger partial charge >= 0.3 is 0 Å². The SMILES string of the molecule is CCCNC(=O)CN=C(NCC)NCC1CCCN(C)C1c1cccc(Cl)c1.I. The molecule has 1 heterocycles. The highest BCUT2D eigenvalue weighted by Crippen LogP contribution is 2.35. The lowest BCUT2D eigenvalue weighted by Gasteiger charge is -2.40. The molecule has 1 aliphatic rings. The molecule has 2 atom stereocenters. The fourth-order valence-electron chi connectivity index (χ4n) is 3.73. The first-order valence-electron chi connectivity index (χ1n) is 10.3. The van der Waals surface area contributed by atoms with Gasteiger partial charge in [-0.25, -0.2) is 4.99 Å². The number of hydrogen-bond acceptors (Lipinski definition) is 3. The van der Waals surface area contributed by atoms with E-state index in [2.05, 4.69) is 45.0 Å². The van der Waals surface area contributed by atoms with Crippen LogP contribution in [0, 0.1) is 5.92 Å². The number of rotatable bonds is 8. The average Bonchev–Trinajstić information content (AvgIpc) is 2.68. The maximum Gasteiger partial charge on any atom is 0.241 e. The van der Waals surface area contributed by atoms with Crippen molar-refractivity contribution in [1.29, 1.82) is 0 Å². The van der Waals surface area contributed by atoms with Crippen LogP contribution in [0.15, 0.2) is 29.3 Å². The molecule has 0 spiro atoms. The van der Waals surface area contributed by atoms with Crippen LogP contribution >= 0.6 is 35.6 Å². The highest BCUT2D eigenvalue weighted by atomic mass is 127. The largest absolute Gasteiger partial charge is 0.357 e. The number of amides is 1. The summed E-state index contributed by atoms with van der Waals surface area (Å²) in [6.45, 7) is 7.52. The van der Waals surface area contributed by atoms with Gasteiger partial charge in [-0.1, -0.05) is 30.7 Å². The molecule has 0 bridgehead atoms. The number of hydrogen-bond donors (Lipinski definition) is 3. The van der Waals surface area contributed by atoms with Crippen LogP contribution in [0.3, 0.4) is 0 Å². The lowest BCUT2D eigenvalue weighted by molar-refractivity contribution is -0.119. The van der Waals surface area contributed by atoms with Gasteiger partial charge in [0.2, 0.25) is 5.91 Å². The van der Waals surface area contributed by atoms with Crippen LogP contribution in [-0.4, -0.2) is 56.5 Å². The zero-order valence-electron chi connectivity index (χ0n) is 17.7. The van der Waals surface area contributed by atoms with Gasteiger partial charge in [0.25, 0.3) is 0 Å². The molecule has 164 valence electrons. The van der Waals surface area contributed by atoms with Crippen molar-refractivity contribution in [2.24, 2.45) is 10.9 Å². The molecule has 0 aromatic heterocycles. The van der Waals surface area contributed by atoms with Crippen molar-refractivity contribution in [2.45, 2.75) is 39.2 Å². The average molecular weight is 536 g/mol. The standard InChI is InChI=1S/C21H34ClN5O.HI/c1-4-11-24-19(28)15-26-21(23-5-2)25-14-17-9-7-12-27(3)20(17)16-8-6-10-18(22)13-16;/h6,8,10,13,17,20H,4-5,7,9,11-12,14-15H2,1-3H3,(H,24,28)(H2,23,25,26);1H. The molecule has 6 nitrogen and oxygen atoms in total. The highest BCUT2D eigenvalue weighted by molar-refractivity contribution is 14.0. The Hall–Kier alpha value is -1.06. The van der Waals surface area contributed by atoms with Gasteiger partial charge in [-0.15, -0.1) is 24.0 Å². The summed E-state index contributed by atoms with van der Waals surface area (Å²) in [4.78, 5) is 18.7. The molecule has 0 radical (unpaired) electrons. The summed E-state index contributed by atoms with van der Waals surface area (Å²) in [7, 11) is 2.18. The first-order chi connectivity index (χ1) is 13.5. The van der Waals surface area contributed by atoms with Crippen LogP contribution in [0.2, 0.25) is 5.02 Å². The third-order valence-corrected chi connectivity index (χ3v) is 5.26. The van der Waals surface area contributed by atoms with Gasteiger partial charge < -0.3 is 16.0 Å². The third-order valence-electron chi connectivity index (χ3n) is 5.03. The summed E-state index contributed by atoms with van der Waals surface area (Å²) in [5, 5.41) is 10.3. The number of guanidine groups is 1. The first-order valence-corrected chi connectivity index (χ1v) is 10.7. The van der Waals surface area contributed by atoms with Gasteiger partial charge in [-0.05, 0) is 63.4 Å². The highest BCUT2D eigenvalue weighted by Gasteiger charge is 2.30. The first kappa shape index (κ1) is 26.0. The molecule has 1 amide bonds. The molecule has 1 fully saturated rings. The number of benzene rings is 1. The minimum absolute atomic E-state index is 0. The monoisotopic (exact) mass is 535 g/mol. The van der Waals surface area contributed by atoms with Crippen molar-refractivity contribution in [3.05, 3.63) is 34.9 Å². The smallest absolute Gasteiger partial charge is 0.241 e. The summed E-state index contributed by atoms with van der Waals surface area (Å²) in [6.07, 6.45) is 3.24. The van der Waals surface area contributed by atoms with Crippen LogP contribution in [-0.2, 0) is 4.79 Å². The second kappa shape index (κ2) is 14.0. The van der Waals surface area contributed by atoms with Crippen molar-refractivity contribution in [3.63, 3.8) is 0 Å². The van der Waals surface area contributed by atoms with E-state index < -0.39 is 0 Å². The minimum atomic E-state index is -0.0479. The van der Waals surface area contributed by atoms with Gasteiger partial charge in [-0.3, -0.25) is 9.69 Å². The lowest BCUT2D eigenvalue weighted by Crippen LogP contribution is -2.45. The van der Waals surface area contributed by atoms with E-state index in [4.69, 9.17) is 11.6 Å². The van der Waals surface area contributed by atoms with Crippen molar-refractivity contribution in [3.8, 4) is 0 Å². The van der Waals surface area contributed by atoms with E-state index in [-0.39, 0.29) is 36.4 Å². The van der Waals surface area contributed by atoms with Crippen LogP contribution in [0.5, 0.6) is 0 Å². The zero-order chi connectivity index (χ0) is 20.4. The predicted octanol–water partition coefficient (Wildman–Crippen LogP) is 3.42. The summed E-state index contributed by atoms with van der Waals surface area (Å²) >= 11 is 6.23. The van der Waals surface area contributed by atoms with Gasteiger partial charge in [0.1, 0.15) is 6.54 Å². The van der Waals surface area contributed by atoms with Crippen LogP contribution in [0.4, 0.5) is 0 Å². The van der Waals surface area contributed by atoms with E-state index in [9.17, 15) is 4.79 Å². The molecule has 2 rings (SSSR count). The minimum Gasteiger partial charge on any atom is -0.357 e. The fraction of sp³-hybridized carbons (Fsp3) is 0.619. The number of carbonyl (C=O) groups excluding carboxylic acids is 1. The van der Waals surface area contributed by atoms with Gasteiger partial charge in [0, 0.05) is 30.7 Å². The second-order valence-electron chi connectivity index (χ2n) is 7.31. The van der Waals surface area contributed by atoms with Crippen LogP contribution < -0.4 is 16.0 Å². The number of halogens is 2. The maximum absolute atomic E-state index is 11.8.